The third-order valence-corrected chi connectivity index (χ3v) is 7.09. The van der Waals surface area contributed by atoms with Crippen molar-refractivity contribution in [2.45, 2.75) is 43.7 Å². The van der Waals surface area contributed by atoms with E-state index in [1.165, 1.54) is 16.4 Å². The second-order valence-electron chi connectivity index (χ2n) is 7.22. The lowest BCUT2D eigenvalue weighted by Crippen LogP contribution is -2.51. The number of nitrogens with zero attached hydrogens (tertiary/aromatic N) is 1. The number of nitrogens with one attached hydrogen (secondary N) is 1. The number of sulfonamides is 1. The average molecular weight is 451 g/mol. The summed E-state index contributed by atoms with van der Waals surface area (Å²) in [5, 5.41) is 2.83. The van der Waals surface area contributed by atoms with Crippen molar-refractivity contribution >= 4 is 15.9 Å². The van der Waals surface area contributed by atoms with E-state index in [0.29, 0.717) is 30.9 Å². The molecule has 1 aliphatic heterocycles. The molecule has 3 rings (SSSR count). The highest BCUT2D eigenvalue weighted by Gasteiger charge is 2.37. The van der Waals surface area contributed by atoms with E-state index in [9.17, 15) is 17.6 Å². The van der Waals surface area contributed by atoms with Crippen LogP contribution in [0.15, 0.2) is 47.4 Å². The van der Waals surface area contributed by atoms with Crippen molar-refractivity contribution in [3.05, 3.63) is 53.8 Å². The zero-order chi connectivity index (χ0) is 22.4. The monoisotopic (exact) mass is 450 g/mol. The summed E-state index contributed by atoms with van der Waals surface area (Å²) in [7, 11) is -2.37. The molecule has 168 valence electrons. The zero-order valence-corrected chi connectivity index (χ0v) is 18.5. The normalized spacial score (nSPS) is 17.2. The van der Waals surface area contributed by atoms with Crippen LogP contribution in [0.1, 0.15) is 31.7 Å². The van der Waals surface area contributed by atoms with Gasteiger partial charge in [0.2, 0.25) is 15.9 Å². The Kier molecular flexibility index (Phi) is 7.50. The first kappa shape index (κ1) is 23.0. The van der Waals surface area contributed by atoms with Gasteiger partial charge in [-0.25, -0.2) is 12.8 Å². The molecule has 1 saturated heterocycles. The van der Waals surface area contributed by atoms with E-state index in [-0.39, 0.29) is 23.9 Å². The van der Waals surface area contributed by atoms with Crippen LogP contribution in [0.2, 0.25) is 0 Å². The van der Waals surface area contributed by atoms with Gasteiger partial charge in [-0.1, -0.05) is 12.5 Å². The topological polar surface area (TPSA) is 84.9 Å². The lowest BCUT2D eigenvalue weighted by molar-refractivity contribution is -0.125. The van der Waals surface area contributed by atoms with E-state index < -0.39 is 21.9 Å². The predicted octanol–water partition coefficient (Wildman–Crippen LogP) is 3.09. The van der Waals surface area contributed by atoms with Gasteiger partial charge in [-0.2, -0.15) is 4.31 Å². The van der Waals surface area contributed by atoms with Crippen LogP contribution in [0.25, 0.3) is 0 Å². The van der Waals surface area contributed by atoms with Gasteiger partial charge in [0, 0.05) is 13.1 Å². The molecule has 0 bridgehead atoms. The second kappa shape index (κ2) is 10.1. The molecule has 7 nitrogen and oxygen atoms in total. The maximum Gasteiger partial charge on any atom is 0.243 e. The van der Waals surface area contributed by atoms with Crippen LogP contribution in [0.4, 0.5) is 4.39 Å². The Balaban J connectivity index is 1.73. The molecule has 1 atom stereocenters. The predicted molar refractivity (Wildman–Crippen MR) is 114 cm³/mol. The summed E-state index contributed by atoms with van der Waals surface area (Å²) < 4.78 is 51.4. The summed E-state index contributed by atoms with van der Waals surface area (Å²) in [5.74, 6) is 0.298. The molecule has 0 aromatic heterocycles. The quantitative estimate of drug-likeness (QED) is 0.668. The lowest BCUT2D eigenvalue weighted by Gasteiger charge is -2.33. The van der Waals surface area contributed by atoms with Crippen molar-refractivity contribution in [3.63, 3.8) is 0 Å². The molecular weight excluding hydrogens is 423 g/mol. The Hall–Kier alpha value is -2.65. The smallest absolute Gasteiger partial charge is 0.243 e. The molecule has 2 aromatic rings. The number of benzene rings is 2. The minimum atomic E-state index is -3.91. The van der Waals surface area contributed by atoms with Crippen LogP contribution >= 0.6 is 0 Å². The highest BCUT2D eigenvalue weighted by atomic mass is 32.2. The maximum atomic E-state index is 13.2. The molecule has 0 radical (unpaired) electrons. The molecule has 2 aromatic carbocycles. The average Bonchev–Trinajstić information content (AvgIpc) is 2.78. The number of ether oxygens (including phenoxy) is 2. The summed E-state index contributed by atoms with van der Waals surface area (Å²) >= 11 is 0. The van der Waals surface area contributed by atoms with Crippen LogP contribution in [-0.2, 0) is 21.4 Å². The maximum absolute atomic E-state index is 13.2. The van der Waals surface area contributed by atoms with E-state index in [1.54, 1.807) is 19.2 Å². The first-order chi connectivity index (χ1) is 14.9. The highest BCUT2D eigenvalue weighted by molar-refractivity contribution is 7.89. The number of carbonyl (C=O) groups is 1. The molecule has 0 saturated carbocycles. The van der Waals surface area contributed by atoms with Crippen molar-refractivity contribution < 1.29 is 27.1 Å². The Morgan fingerprint density at radius 3 is 2.58 bits per heavy atom. The fraction of sp³-hybridized carbons (Fsp3) is 0.409. The number of hydrogen-bond acceptors (Lipinski definition) is 5. The van der Waals surface area contributed by atoms with E-state index in [0.717, 1.165) is 24.1 Å². The largest absolute Gasteiger partial charge is 0.493 e. The molecule has 0 spiro atoms. The van der Waals surface area contributed by atoms with Gasteiger partial charge in [0.05, 0.1) is 18.6 Å². The summed E-state index contributed by atoms with van der Waals surface area (Å²) in [4.78, 5) is 12.9. The van der Waals surface area contributed by atoms with Crippen LogP contribution in [0.3, 0.4) is 0 Å². The molecule has 0 unspecified atom stereocenters. The Morgan fingerprint density at radius 1 is 1.16 bits per heavy atom. The SMILES string of the molecule is CCOc1ccc(CNC(=O)[C@H]2CCCCN2S(=O)(=O)c2ccc(F)cc2)cc1OC. The number of rotatable bonds is 8. The van der Waals surface area contributed by atoms with Crippen molar-refractivity contribution in [1.82, 2.24) is 9.62 Å². The molecule has 31 heavy (non-hydrogen) atoms. The van der Waals surface area contributed by atoms with E-state index >= 15 is 0 Å². The fourth-order valence-corrected chi connectivity index (χ4v) is 5.26. The molecule has 1 aliphatic rings. The van der Waals surface area contributed by atoms with Gasteiger partial charge >= 0.3 is 0 Å². The molecular formula is C22H27FN2O5S. The number of amides is 1. The zero-order valence-electron chi connectivity index (χ0n) is 17.6. The van der Waals surface area contributed by atoms with Gasteiger partial charge in [-0.15, -0.1) is 0 Å². The Labute approximate surface area is 182 Å². The van der Waals surface area contributed by atoms with Crippen molar-refractivity contribution in [3.8, 4) is 11.5 Å². The van der Waals surface area contributed by atoms with Crippen LogP contribution < -0.4 is 14.8 Å². The van der Waals surface area contributed by atoms with Crippen molar-refractivity contribution in [1.29, 1.82) is 0 Å². The minimum absolute atomic E-state index is 0.0233. The van der Waals surface area contributed by atoms with E-state index in [4.69, 9.17) is 9.47 Å². The van der Waals surface area contributed by atoms with E-state index in [1.807, 2.05) is 13.0 Å². The summed E-state index contributed by atoms with van der Waals surface area (Å²) in [6.07, 6.45) is 1.85. The van der Waals surface area contributed by atoms with Gasteiger partial charge in [0.15, 0.2) is 11.5 Å². The molecule has 1 heterocycles. The number of hydrogen-bond donors (Lipinski definition) is 1. The standard InChI is InChI=1S/C22H27FN2O5S/c1-3-30-20-12-7-16(14-21(20)29-2)15-24-22(26)19-6-4-5-13-25(19)31(27,28)18-10-8-17(23)9-11-18/h7-12,14,19H,3-6,13,15H2,1-2H3,(H,24,26)/t19-/m1/s1. The first-order valence-corrected chi connectivity index (χ1v) is 11.7. The fourth-order valence-electron chi connectivity index (χ4n) is 3.60. The molecule has 1 amide bonds. The summed E-state index contributed by atoms with van der Waals surface area (Å²) in [6.45, 7) is 2.85. The summed E-state index contributed by atoms with van der Waals surface area (Å²) in [6, 6.07) is 9.21. The number of carbonyl (C=O) groups excluding carboxylic acids is 1. The summed E-state index contributed by atoms with van der Waals surface area (Å²) in [5.41, 5.74) is 0.803. The Morgan fingerprint density at radius 2 is 1.90 bits per heavy atom. The third kappa shape index (κ3) is 5.34. The number of methoxy groups -OCH3 is 1. The van der Waals surface area contributed by atoms with Gasteiger partial charge in [-0.3, -0.25) is 4.79 Å². The van der Waals surface area contributed by atoms with Gasteiger partial charge in [0.25, 0.3) is 0 Å². The molecule has 1 fully saturated rings. The van der Waals surface area contributed by atoms with Crippen molar-refractivity contribution in [2.75, 3.05) is 20.3 Å². The minimum Gasteiger partial charge on any atom is -0.493 e. The molecule has 1 N–H and O–H groups in total. The lowest BCUT2D eigenvalue weighted by atomic mass is 10.0. The van der Waals surface area contributed by atoms with Crippen molar-refractivity contribution in [2.24, 2.45) is 0 Å². The third-order valence-electron chi connectivity index (χ3n) is 5.17. The molecule has 9 heteroatoms. The van der Waals surface area contributed by atoms with Crippen LogP contribution in [0.5, 0.6) is 11.5 Å². The highest BCUT2D eigenvalue weighted by Crippen LogP contribution is 2.29. The van der Waals surface area contributed by atoms with E-state index in [2.05, 4.69) is 5.32 Å². The van der Waals surface area contributed by atoms with Gasteiger partial charge in [0.1, 0.15) is 11.9 Å². The number of halogens is 1. The first-order valence-electron chi connectivity index (χ1n) is 10.2. The van der Waals surface area contributed by atoms with Gasteiger partial charge in [-0.05, 0) is 61.7 Å². The van der Waals surface area contributed by atoms with Gasteiger partial charge < -0.3 is 14.8 Å². The van der Waals surface area contributed by atoms with Crippen LogP contribution in [0, 0.1) is 5.82 Å². The molecule has 0 aliphatic carbocycles. The second-order valence-corrected chi connectivity index (χ2v) is 9.11. The van der Waals surface area contributed by atoms with Crippen LogP contribution in [-0.4, -0.2) is 44.9 Å². The number of piperidine rings is 1. The Bertz CT molecular complexity index is 1010.